The van der Waals surface area contributed by atoms with Crippen molar-refractivity contribution < 1.29 is 14.2 Å². The Morgan fingerprint density at radius 3 is 1.64 bits per heavy atom. The van der Waals surface area contributed by atoms with Crippen molar-refractivity contribution >= 4 is 0 Å². The molecule has 0 aromatic heterocycles. The zero-order valence-corrected chi connectivity index (χ0v) is 15.2. The van der Waals surface area contributed by atoms with Crippen LogP contribution in [-0.4, -0.2) is 27.9 Å². The predicted octanol–water partition coefficient (Wildman–Crippen LogP) is 3.89. The molecule has 0 spiro atoms. The van der Waals surface area contributed by atoms with Gasteiger partial charge in [-0.25, -0.2) is 0 Å². The van der Waals surface area contributed by atoms with Crippen molar-refractivity contribution in [3.8, 4) is 11.5 Å². The fraction of sp³-hybridized carbons (Fsp3) is 0.333. The summed E-state index contributed by atoms with van der Waals surface area (Å²) >= 11 is 0. The van der Waals surface area contributed by atoms with E-state index in [1.807, 2.05) is 48.5 Å². The van der Waals surface area contributed by atoms with Crippen LogP contribution >= 0.6 is 0 Å². The standard InChI is InChI=1S/C21H27NO3/c1-16(15-22)13-14-21(25-4,17-5-9-19(23-2)10-6-17)18-7-11-20(24-3)12-8-18/h5-12H,1,13-15,22H2,2-4H3. The summed E-state index contributed by atoms with van der Waals surface area (Å²) in [5, 5.41) is 0. The van der Waals surface area contributed by atoms with Gasteiger partial charge in [-0.1, -0.05) is 36.4 Å². The molecule has 2 aromatic rings. The van der Waals surface area contributed by atoms with E-state index in [-0.39, 0.29) is 0 Å². The van der Waals surface area contributed by atoms with Gasteiger partial charge in [-0.05, 0) is 48.2 Å². The molecule has 134 valence electrons. The second-order valence-corrected chi connectivity index (χ2v) is 5.94. The number of nitrogens with two attached hydrogens (primary N) is 1. The van der Waals surface area contributed by atoms with Crippen molar-refractivity contribution in [1.82, 2.24) is 0 Å². The lowest BCUT2D eigenvalue weighted by atomic mass is 9.81. The minimum absolute atomic E-state index is 0.477. The van der Waals surface area contributed by atoms with Crippen LogP contribution in [0.3, 0.4) is 0 Å². The quantitative estimate of drug-likeness (QED) is 0.703. The molecule has 0 amide bonds. The molecule has 0 heterocycles. The third-order valence-electron chi connectivity index (χ3n) is 4.58. The fourth-order valence-electron chi connectivity index (χ4n) is 2.97. The second-order valence-electron chi connectivity index (χ2n) is 5.94. The molecule has 0 aliphatic carbocycles. The van der Waals surface area contributed by atoms with E-state index in [0.29, 0.717) is 6.54 Å². The molecule has 0 fully saturated rings. The summed E-state index contributed by atoms with van der Waals surface area (Å²) in [6, 6.07) is 16.0. The Morgan fingerprint density at radius 1 is 0.880 bits per heavy atom. The van der Waals surface area contributed by atoms with Gasteiger partial charge in [-0.2, -0.15) is 0 Å². The molecule has 0 atom stereocenters. The highest BCUT2D eigenvalue weighted by Gasteiger charge is 2.34. The summed E-state index contributed by atoms with van der Waals surface area (Å²) < 4.78 is 16.6. The molecule has 0 aliphatic rings. The number of ether oxygens (including phenoxy) is 3. The van der Waals surface area contributed by atoms with Crippen molar-refractivity contribution in [2.45, 2.75) is 18.4 Å². The van der Waals surface area contributed by atoms with Gasteiger partial charge >= 0.3 is 0 Å². The lowest BCUT2D eigenvalue weighted by Gasteiger charge is -2.34. The van der Waals surface area contributed by atoms with Crippen LogP contribution in [0.2, 0.25) is 0 Å². The van der Waals surface area contributed by atoms with Crippen molar-refractivity contribution in [1.29, 1.82) is 0 Å². The molecule has 0 saturated carbocycles. The topological polar surface area (TPSA) is 53.7 Å². The van der Waals surface area contributed by atoms with E-state index in [4.69, 9.17) is 19.9 Å². The van der Waals surface area contributed by atoms with E-state index in [9.17, 15) is 0 Å². The fourth-order valence-corrected chi connectivity index (χ4v) is 2.97. The lowest BCUT2D eigenvalue weighted by Crippen LogP contribution is -2.30. The van der Waals surface area contributed by atoms with E-state index in [1.54, 1.807) is 21.3 Å². The molecule has 0 radical (unpaired) electrons. The maximum absolute atomic E-state index is 6.09. The monoisotopic (exact) mass is 341 g/mol. The molecule has 0 bridgehead atoms. The number of rotatable bonds is 9. The summed E-state index contributed by atoms with van der Waals surface area (Å²) in [5.74, 6) is 1.63. The van der Waals surface area contributed by atoms with Gasteiger partial charge < -0.3 is 19.9 Å². The molecule has 2 aromatic carbocycles. The Hall–Kier alpha value is -2.30. The van der Waals surface area contributed by atoms with E-state index in [1.165, 1.54) is 0 Å². The summed E-state index contributed by atoms with van der Waals surface area (Å²) in [6.45, 7) is 4.51. The van der Waals surface area contributed by atoms with Gasteiger partial charge in [0.15, 0.2) is 0 Å². The van der Waals surface area contributed by atoms with Crippen LogP contribution in [0.1, 0.15) is 24.0 Å². The first kappa shape index (κ1) is 19.0. The Morgan fingerprint density at radius 2 is 1.32 bits per heavy atom. The highest BCUT2D eigenvalue weighted by molar-refractivity contribution is 5.41. The summed E-state index contributed by atoms with van der Waals surface area (Å²) in [7, 11) is 5.06. The first-order chi connectivity index (χ1) is 12.1. The predicted molar refractivity (Wildman–Crippen MR) is 101 cm³/mol. The van der Waals surface area contributed by atoms with Crippen molar-refractivity contribution in [3.63, 3.8) is 0 Å². The SMILES string of the molecule is C=C(CN)CCC(OC)(c1ccc(OC)cc1)c1ccc(OC)cc1. The van der Waals surface area contributed by atoms with Gasteiger partial charge in [-0.3, -0.25) is 0 Å². The van der Waals surface area contributed by atoms with E-state index >= 15 is 0 Å². The average molecular weight is 341 g/mol. The Kier molecular flexibility index (Phi) is 6.62. The van der Waals surface area contributed by atoms with Gasteiger partial charge in [0.1, 0.15) is 17.1 Å². The number of methoxy groups -OCH3 is 3. The normalized spacial score (nSPS) is 11.2. The molecule has 25 heavy (non-hydrogen) atoms. The van der Waals surface area contributed by atoms with Crippen LogP contribution in [0.25, 0.3) is 0 Å². The summed E-state index contributed by atoms with van der Waals surface area (Å²) in [4.78, 5) is 0. The largest absolute Gasteiger partial charge is 0.497 e. The van der Waals surface area contributed by atoms with E-state index in [2.05, 4.69) is 6.58 Å². The maximum atomic E-state index is 6.09. The first-order valence-electron chi connectivity index (χ1n) is 8.30. The molecule has 0 aliphatic heterocycles. The number of hydrogen-bond acceptors (Lipinski definition) is 4. The maximum Gasteiger partial charge on any atom is 0.118 e. The third-order valence-corrected chi connectivity index (χ3v) is 4.58. The molecule has 2 rings (SSSR count). The summed E-state index contributed by atoms with van der Waals surface area (Å²) in [5.41, 5.74) is 8.26. The second kappa shape index (κ2) is 8.70. The van der Waals surface area contributed by atoms with Crippen LogP contribution < -0.4 is 15.2 Å². The molecular formula is C21H27NO3. The van der Waals surface area contributed by atoms with Gasteiger partial charge in [0, 0.05) is 13.7 Å². The zero-order chi connectivity index (χ0) is 18.3. The smallest absolute Gasteiger partial charge is 0.118 e. The molecular weight excluding hydrogens is 314 g/mol. The molecule has 0 saturated heterocycles. The average Bonchev–Trinajstić information content (AvgIpc) is 2.69. The molecule has 0 unspecified atom stereocenters. The number of hydrogen-bond donors (Lipinski definition) is 1. The van der Waals surface area contributed by atoms with E-state index < -0.39 is 5.60 Å². The highest BCUT2D eigenvalue weighted by atomic mass is 16.5. The Labute approximate surface area is 150 Å². The number of benzene rings is 2. The Balaban J connectivity index is 2.47. The molecule has 4 heteroatoms. The lowest BCUT2D eigenvalue weighted by molar-refractivity contribution is 0.0146. The van der Waals surface area contributed by atoms with Gasteiger partial charge in [0.25, 0.3) is 0 Å². The van der Waals surface area contributed by atoms with Crippen LogP contribution in [-0.2, 0) is 10.3 Å². The van der Waals surface area contributed by atoms with Crippen molar-refractivity contribution in [2.75, 3.05) is 27.9 Å². The minimum Gasteiger partial charge on any atom is -0.497 e. The molecule has 4 nitrogen and oxygen atoms in total. The van der Waals surface area contributed by atoms with Crippen molar-refractivity contribution in [3.05, 3.63) is 71.8 Å². The van der Waals surface area contributed by atoms with Gasteiger partial charge in [0.05, 0.1) is 14.2 Å². The summed E-state index contributed by atoms with van der Waals surface area (Å²) in [6.07, 6.45) is 1.53. The highest BCUT2D eigenvalue weighted by Crippen LogP contribution is 2.39. The van der Waals surface area contributed by atoms with Gasteiger partial charge in [-0.15, -0.1) is 0 Å². The minimum atomic E-state index is -0.587. The Bertz CT molecular complexity index is 630. The van der Waals surface area contributed by atoms with Gasteiger partial charge in [0.2, 0.25) is 0 Å². The van der Waals surface area contributed by atoms with Crippen LogP contribution in [0.15, 0.2) is 60.7 Å². The van der Waals surface area contributed by atoms with Crippen LogP contribution in [0.5, 0.6) is 11.5 Å². The van der Waals surface area contributed by atoms with Crippen molar-refractivity contribution in [2.24, 2.45) is 5.73 Å². The third kappa shape index (κ3) is 4.21. The first-order valence-corrected chi connectivity index (χ1v) is 8.30. The van der Waals surface area contributed by atoms with Crippen LogP contribution in [0.4, 0.5) is 0 Å². The van der Waals surface area contributed by atoms with E-state index in [0.717, 1.165) is 41.0 Å². The zero-order valence-electron chi connectivity index (χ0n) is 15.2. The molecule has 2 N–H and O–H groups in total. The van der Waals surface area contributed by atoms with Crippen LogP contribution in [0, 0.1) is 0 Å².